The summed E-state index contributed by atoms with van der Waals surface area (Å²) in [5.74, 6) is -0.0272. The summed E-state index contributed by atoms with van der Waals surface area (Å²) >= 11 is 0. The maximum atomic E-state index is 13.0. The molecule has 0 aliphatic carbocycles. The van der Waals surface area contributed by atoms with Crippen LogP contribution in [0.1, 0.15) is 27.2 Å². The monoisotopic (exact) mass is 384 g/mol. The second kappa shape index (κ2) is 7.05. The molecule has 0 bridgehead atoms. The molecule has 6 heteroatoms. The minimum Gasteiger partial charge on any atom is -0.361 e. The fraction of sp³-hybridized carbons (Fsp3) is 0.174. The zero-order chi connectivity index (χ0) is 19.8. The van der Waals surface area contributed by atoms with Crippen molar-refractivity contribution in [2.24, 2.45) is 0 Å². The summed E-state index contributed by atoms with van der Waals surface area (Å²) in [4.78, 5) is 30.5. The van der Waals surface area contributed by atoms with Crippen molar-refractivity contribution in [3.05, 3.63) is 99.6 Å². The molecule has 3 heterocycles. The van der Waals surface area contributed by atoms with E-state index in [0.717, 1.165) is 27.7 Å². The molecule has 4 aromatic rings. The molecular formula is C23H20N4O2. The molecule has 5 rings (SSSR count). The van der Waals surface area contributed by atoms with Crippen molar-refractivity contribution in [2.75, 3.05) is 6.54 Å². The van der Waals surface area contributed by atoms with Gasteiger partial charge in [-0.05, 0) is 29.1 Å². The fourth-order valence-electron chi connectivity index (χ4n) is 3.85. The lowest BCUT2D eigenvalue weighted by molar-refractivity contribution is 0.0732. The second-order valence-corrected chi connectivity index (χ2v) is 7.35. The molecule has 6 nitrogen and oxygen atoms in total. The minimum atomic E-state index is -0.144. The van der Waals surface area contributed by atoms with E-state index in [9.17, 15) is 9.59 Å². The number of aromatic amines is 1. The van der Waals surface area contributed by atoms with Crippen LogP contribution >= 0.6 is 0 Å². The van der Waals surface area contributed by atoms with Crippen LogP contribution in [0.15, 0.2) is 71.7 Å². The van der Waals surface area contributed by atoms with Crippen LogP contribution in [0.25, 0.3) is 10.9 Å². The summed E-state index contributed by atoms with van der Waals surface area (Å²) in [6.45, 7) is 1.45. The largest absolute Gasteiger partial charge is 0.361 e. The van der Waals surface area contributed by atoms with Crippen molar-refractivity contribution in [3.63, 3.8) is 0 Å². The third-order valence-electron chi connectivity index (χ3n) is 5.41. The van der Waals surface area contributed by atoms with E-state index in [1.807, 2.05) is 60.8 Å². The first-order chi connectivity index (χ1) is 14.2. The number of rotatable bonds is 3. The van der Waals surface area contributed by atoms with E-state index in [1.54, 1.807) is 11.0 Å². The van der Waals surface area contributed by atoms with E-state index in [-0.39, 0.29) is 11.5 Å². The van der Waals surface area contributed by atoms with Crippen molar-refractivity contribution in [2.45, 2.75) is 19.5 Å². The lowest BCUT2D eigenvalue weighted by Crippen LogP contribution is -2.38. The smallest absolute Gasteiger partial charge is 0.267 e. The normalized spacial score (nSPS) is 13.4. The van der Waals surface area contributed by atoms with Crippen LogP contribution in [0.3, 0.4) is 0 Å². The van der Waals surface area contributed by atoms with Crippen LogP contribution < -0.4 is 5.56 Å². The maximum Gasteiger partial charge on any atom is 0.267 e. The molecule has 29 heavy (non-hydrogen) atoms. The Kier molecular flexibility index (Phi) is 4.24. The van der Waals surface area contributed by atoms with Gasteiger partial charge in [0.1, 0.15) is 0 Å². The van der Waals surface area contributed by atoms with Crippen LogP contribution in [0.4, 0.5) is 0 Å². The van der Waals surface area contributed by atoms with Crippen LogP contribution in [-0.2, 0) is 19.5 Å². The van der Waals surface area contributed by atoms with Gasteiger partial charge in [0.05, 0.1) is 12.2 Å². The molecule has 1 amide bonds. The maximum absolute atomic E-state index is 13.0. The van der Waals surface area contributed by atoms with E-state index in [2.05, 4.69) is 10.1 Å². The number of H-pyrrole nitrogens is 1. The van der Waals surface area contributed by atoms with Crippen LogP contribution in [0.5, 0.6) is 0 Å². The first-order valence-electron chi connectivity index (χ1n) is 9.68. The second-order valence-electron chi connectivity index (χ2n) is 7.35. The number of aromatic nitrogens is 3. The molecule has 1 N–H and O–H groups in total. The van der Waals surface area contributed by atoms with E-state index >= 15 is 0 Å². The summed E-state index contributed by atoms with van der Waals surface area (Å²) in [5.41, 5.74) is 4.21. The highest BCUT2D eigenvalue weighted by molar-refractivity contribution is 5.98. The number of fused-ring (bicyclic) bond motifs is 2. The highest BCUT2D eigenvalue weighted by atomic mass is 16.2. The van der Waals surface area contributed by atoms with E-state index < -0.39 is 0 Å². The molecule has 0 spiro atoms. The Hall–Kier alpha value is -3.67. The lowest BCUT2D eigenvalue weighted by atomic mass is 10.0. The lowest BCUT2D eigenvalue weighted by Gasteiger charge is -2.28. The van der Waals surface area contributed by atoms with Gasteiger partial charge in [0.25, 0.3) is 11.5 Å². The third kappa shape index (κ3) is 3.33. The number of hydrogen-bond acceptors (Lipinski definition) is 3. The molecule has 1 aliphatic heterocycles. The topological polar surface area (TPSA) is 71.0 Å². The Morgan fingerprint density at radius 1 is 1.07 bits per heavy atom. The Morgan fingerprint density at radius 3 is 2.79 bits per heavy atom. The molecule has 2 aromatic carbocycles. The molecule has 0 atom stereocenters. The number of hydrogen-bond donors (Lipinski definition) is 1. The quantitative estimate of drug-likeness (QED) is 0.590. The van der Waals surface area contributed by atoms with Gasteiger partial charge in [-0.15, -0.1) is 0 Å². The van der Waals surface area contributed by atoms with Crippen molar-refractivity contribution < 1.29 is 4.79 Å². The van der Waals surface area contributed by atoms with E-state index in [1.165, 1.54) is 4.68 Å². The molecule has 0 unspecified atom stereocenters. The summed E-state index contributed by atoms with van der Waals surface area (Å²) in [7, 11) is 0. The molecule has 144 valence electrons. The number of carbonyl (C=O) groups is 1. The van der Waals surface area contributed by atoms with E-state index in [0.29, 0.717) is 31.6 Å². The Morgan fingerprint density at radius 2 is 1.93 bits per heavy atom. The SMILES string of the molecule is O=C(c1ccc2cc[nH]c2c1)N1CCc2nn(Cc3ccccc3)c(=O)cc2C1. The highest BCUT2D eigenvalue weighted by Crippen LogP contribution is 2.20. The van der Waals surface area contributed by atoms with Gasteiger partial charge < -0.3 is 9.88 Å². The number of carbonyl (C=O) groups excluding carboxylic acids is 1. The van der Waals surface area contributed by atoms with Crippen LogP contribution in [0, 0.1) is 0 Å². The predicted molar refractivity (Wildman–Crippen MR) is 111 cm³/mol. The summed E-state index contributed by atoms with van der Waals surface area (Å²) < 4.78 is 1.50. The van der Waals surface area contributed by atoms with Gasteiger partial charge in [0.2, 0.25) is 0 Å². The van der Waals surface area contributed by atoms with Gasteiger partial charge in [0.15, 0.2) is 0 Å². The summed E-state index contributed by atoms with van der Waals surface area (Å²) in [6.07, 6.45) is 2.50. The molecule has 0 saturated carbocycles. The first-order valence-corrected chi connectivity index (χ1v) is 9.68. The van der Waals surface area contributed by atoms with Gasteiger partial charge >= 0.3 is 0 Å². The number of nitrogens with zero attached hydrogens (tertiary/aromatic N) is 3. The zero-order valence-corrected chi connectivity index (χ0v) is 15.8. The molecule has 1 aliphatic rings. The van der Waals surface area contributed by atoms with E-state index in [4.69, 9.17) is 0 Å². The minimum absolute atomic E-state index is 0.0272. The van der Waals surface area contributed by atoms with Gasteiger partial charge in [-0.2, -0.15) is 5.10 Å². The zero-order valence-electron chi connectivity index (χ0n) is 15.8. The van der Waals surface area contributed by atoms with Gasteiger partial charge in [0, 0.05) is 48.4 Å². The molecule has 0 saturated heterocycles. The standard InChI is InChI=1S/C23H20N4O2/c28-22-13-19-15-26(23(29)18-7-6-17-8-10-24-21(17)12-18)11-9-20(19)25-27(22)14-16-4-2-1-3-5-16/h1-8,10,12-13,24H,9,11,14-15H2. The average molecular weight is 384 g/mol. The number of nitrogens with one attached hydrogen (secondary N) is 1. The molecule has 0 radical (unpaired) electrons. The van der Waals surface area contributed by atoms with Gasteiger partial charge in [-0.25, -0.2) is 4.68 Å². The van der Waals surface area contributed by atoms with Crippen molar-refractivity contribution in [1.82, 2.24) is 19.7 Å². The Balaban J connectivity index is 1.38. The third-order valence-corrected chi connectivity index (χ3v) is 5.41. The van der Waals surface area contributed by atoms with Crippen molar-refractivity contribution in [1.29, 1.82) is 0 Å². The predicted octanol–water partition coefficient (Wildman–Crippen LogP) is 2.97. The number of benzene rings is 2. The number of amides is 1. The summed E-state index contributed by atoms with van der Waals surface area (Å²) in [5, 5.41) is 5.65. The van der Waals surface area contributed by atoms with Crippen LogP contribution in [-0.4, -0.2) is 32.1 Å². The van der Waals surface area contributed by atoms with Crippen molar-refractivity contribution in [3.8, 4) is 0 Å². The molecule has 2 aromatic heterocycles. The highest BCUT2D eigenvalue weighted by Gasteiger charge is 2.24. The Labute approximate surface area is 167 Å². The fourth-order valence-corrected chi connectivity index (χ4v) is 3.85. The van der Waals surface area contributed by atoms with Crippen LogP contribution in [0.2, 0.25) is 0 Å². The molecule has 0 fully saturated rings. The Bertz CT molecular complexity index is 1260. The van der Waals surface area contributed by atoms with Gasteiger partial charge in [-0.3, -0.25) is 9.59 Å². The molecular weight excluding hydrogens is 364 g/mol. The van der Waals surface area contributed by atoms with Gasteiger partial charge in [-0.1, -0.05) is 36.4 Å². The summed E-state index contributed by atoms with van der Waals surface area (Å²) in [6, 6.07) is 19.1. The first kappa shape index (κ1) is 17.4. The van der Waals surface area contributed by atoms with Crippen molar-refractivity contribution >= 4 is 16.8 Å². The average Bonchev–Trinajstić information content (AvgIpc) is 3.22.